The number of rotatable bonds is 0. The number of hydrogen-bond acceptors (Lipinski definition) is 4. The van der Waals surface area contributed by atoms with E-state index in [-0.39, 0.29) is 11.7 Å². The van der Waals surface area contributed by atoms with Crippen LogP contribution in [0.1, 0.15) is 46.8 Å². The molecule has 0 unspecified atom stereocenters. The molecule has 19 heavy (non-hydrogen) atoms. The first-order valence-electron chi connectivity index (χ1n) is 6.23. The molecule has 3 rings (SSSR count). The number of carbonyl (C=O) groups is 2. The normalized spacial score (nSPS) is 21.3. The minimum Gasteiger partial charge on any atom is -0.508 e. The Balaban J connectivity index is 2.47. The van der Waals surface area contributed by atoms with E-state index in [1.165, 1.54) is 0 Å². The Bertz CT molecular complexity index is 667. The summed E-state index contributed by atoms with van der Waals surface area (Å²) in [6.07, 6.45) is 0. The highest BCUT2D eigenvalue weighted by Gasteiger charge is 2.38. The van der Waals surface area contributed by atoms with Crippen LogP contribution in [0.3, 0.4) is 0 Å². The zero-order valence-electron chi connectivity index (χ0n) is 11.0. The lowest BCUT2D eigenvalue weighted by atomic mass is 9.79. The predicted molar refractivity (Wildman–Crippen MR) is 69.1 cm³/mol. The smallest absolute Gasteiger partial charge is 0.234 e. The Labute approximate surface area is 110 Å². The zero-order chi connectivity index (χ0) is 13.9. The van der Waals surface area contributed by atoms with Crippen molar-refractivity contribution in [3.63, 3.8) is 0 Å². The molecule has 0 bridgehead atoms. The van der Waals surface area contributed by atoms with Crippen molar-refractivity contribution in [3.8, 4) is 5.75 Å². The third-order valence-electron chi connectivity index (χ3n) is 3.94. The molecule has 4 nitrogen and oxygen atoms in total. The van der Waals surface area contributed by atoms with E-state index >= 15 is 0 Å². The highest BCUT2D eigenvalue weighted by atomic mass is 16.5. The van der Waals surface area contributed by atoms with Gasteiger partial charge in [0.2, 0.25) is 11.6 Å². The molecular weight excluding hydrogens is 244 g/mol. The number of benzene rings is 1. The van der Waals surface area contributed by atoms with Crippen molar-refractivity contribution in [2.75, 3.05) is 6.61 Å². The van der Waals surface area contributed by atoms with E-state index in [1.807, 2.05) is 6.92 Å². The fourth-order valence-electron chi connectivity index (χ4n) is 2.76. The number of carbonyl (C=O) groups excluding carboxylic acids is 2. The minimum absolute atomic E-state index is 0.0579. The van der Waals surface area contributed by atoms with Crippen LogP contribution < -0.4 is 0 Å². The van der Waals surface area contributed by atoms with Crippen molar-refractivity contribution in [3.05, 3.63) is 33.9 Å². The second-order valence-electron chi connectivity index (χ2n) is 5.18. The summed E-state index contributed by atoms with van der Waals surface area (Å²) in [6, 6.07) is 1.68. The molecule has 4 heteroatoms. The van der Waals surface area contributed by atoms with E-state index in [9.17, 15) is 14.7 Å². The summed E-state index contributed by atoms with van der Waals surface area (Å²) in [4.78, 5) is 24.2. The van der Waals surface area contributed by atoms with Crippen LogP contribution in [0.25, 0.3) is 5.76 Å². The predicted octanol–water partition coefficient (Wildman–Crippen LogP) is 2.33. The summed E-state index contributed by atoms with van der Waals surface area (Å²) in [5.41, 5.74) is 2.67. The molecule has 1 atom stereocenters. The van der Waals surface area contributed by atoms with Crippen LogP contribution >= 0.6 is 0 Å². The van der Waals surface area contributed by atoms with Crippen LogP contribution in [0.15, 0.2) is 11.6 Å². The first-order valence-corrected chi connectivity index (χ1v) is 6.23. The molecule has 1 aromatic carbocycles. The third kappa shape index (κ3) is 1.40. The van der Waals surface area contributed by atoms with Gasteiger partial charge in [0.15, 0.2) is 0 Å². The molecule has 1 aliphatic heterocycles. The monoisotopic (exact) mass is 258 g/mol. The minimum atomic E-state index is -0.552. The highest BCUT2D eigenvalue weighted by Crippen LogP contribution is 2.43. The molecule has 0 radical (unpaired) electrons. The quantitative estimate of drug-likeness (QED) is 0.725. The zero-order valence-corrected chi connectivity index (χ0v) is 11.0. The maximum Gasteiger partial charge on any atom is 0.234 e. The number of aromatic hydroxyl groups is 1. The second-order valence-corrected chi connectivity index (χ2v) is 5.18. The molecule has 0 fully saturated rings. The van der Waals surface area contributed by atoms with Gasteiger partial charge in [0.05, 0.1) is 6.61 Å². The largest absolute Gasteiger partial charge is 0.508 e. The average molecular weight is 258 g/mol. The molecule has 1 aromatic rings. The van der Waals surface area contributed by atoms with Crippen LogP contribution in [0.5, 0.6) is 5.75 Å². The fourth-order valence-corrected chi connectivity index (χ4v) is 2.76. The summed E-state index contributed by atoms with van der Waals surface area (Å²) in [5.74, 6) is -0.462. The number of phenols is 1. The maximum atomic E-state index is 12.2. The van der Waals surface area contributed by atoms with E-state index in [0.717, 1.165) is 5.56 Å². The number of ether oxygens (including phenoxy) is 1. The fraction of sp³-hybridized carbons (Fsp3) is 0.333. The first-order chi connectivity index (χ1) is 8.93. The van der Waals surface area contributed by atoms with Gasteiger partial charge in [-0.15, -0.1) is 0 Å². The van der Waals surface area contributed by atoms with Crippen LogP contribution in [0, 0.1) is 6.92 Å². The van der Waals surface area contributed by atoms with Crippen LogP contribution in [-0.4, -0.2) is 23.3 Å². The lowest BCUT2D eigenvalue weighted by molar-refractivity contribution is -0.112. The van der Waals surface area contributed by atoms with Gasteiger partial charge in [-0.1, -0.05) is 6.92 Å². The van der Waals surface area contributed by atoms with Gasteiger partial charge < -0.3 is 9.84 Å². The van der Waals surface area contributed by atoms with Crippen LogP contribution in [0.2, 0.25) is 0 Å². The van der Waals surface area contributed by atoms with Gasteiger partial charge in [-0.3, -0.25) is 9.59 Å². The Morgan fingerprint density at radius 1 is 1.21 bits per heavy atom. The van der Waals surface area contributed by atoms with Crippen molar-refractivity contribution in [2.24, 2.45) is 0 Å². The summed E-state index contributed by atoms with van der Waals surface area (Å²) in [5, 5.41) is 9.96. The van der Waals surface area contributed by atoms with Crippen molar-refractivity contribution in [2.45, 2.75) is 26.7 Å². The number of allylic oxidation sites excluding steroid dienone is 1. The summed E-state index contributed by atoms with van der Waals surface area (Å²) in [6.45, 7) is 5.68. The number of phenolic OH excluding ortho intramolecular Hbond substituents is 1. The van der Waals surface area contributed by atoms with Crippen LogP contribution in [-0.2, 0) is 9.53 Å². The molecule has 0 saturated heterocycles. The lowest BCUT2D eigenvalue weighted by Gasteiger charge is -2.31. The molecule has 0 amide bonds. The van der Waals surface area contributed by atoms with E-state index < -0.39 is 11.6 Å². The summed E-state index contributed by atoms with van der Waals surface area (Å²) in [7, 11) is 0. The number of ketones is 2. The molecule has 0 saturated carbocycles. The Hall–Kier alpha value is -2.10. The second kappa shape index (κ2) is 3.70. The SMILES string of the molecule is CC1=C2OC[C@@H](C)c3cc(O)c(C)c(c32)C(=O)C1=O. The van der Waals surface area contributed by atoms with Gasteiger partial charge in [-0.2, -0.15) is 0 Å². The highest BCUT2D eigenvalue weighted by molar-refractivity contribution is 6.52. The Morgan fingerprint density at radius 2 is 1.89 bits per heavy atom. The number of Topliss-reactive ketones (excluding diaryl/α,β-unsaturated/α-hetero) is 2. The van der Waals surface area contributed by atoms with Gasteiger partial charge in [-0.05, 0) is 25.5 Å². The van der Waals surface area contributed by atoms with Gasteiger partial charge in [0.25, 0.3) is 0 Å². The van der Waals surface area contributed by atoms with E-state index in [1.54, 1.807) is 19.9 Å². The van der Waals surface area contributed by atoms with E-state index in [0.29, 0.717) is 34.6 Å². The van der Waals surface area contributed by atoms with Gasteiger partial charge >= 0.3 is 0 Å². The van der Waals surface area contributed by atoms with Crippen molar-refractivity contribution in [1.82, 2.24) is 0 Å². The molecular formula is C15H14O4. The third-order valence-corrected chi connectivity index (χ3v) is 3.94. The Morgan fingerprint density at radius 3 is 2.58 bits per heavy atom. The first kappa shape index (κ1) is 12.0. The van der Waals surface area contributed by atoms with E-state index in [4.69, 9.17) is 4.74 Å². The van der Waals surface area contributed by atoms with Crippen molar-refractivity contribution < 1.29 is 19.4 Å². The standard InChI is InChI=1S/C15H14O4/c1-6-5-19-15-8(3)13(17)14(18)11-7(2)10(16)4-9(6)12(11)15/h4,6,16H,5H2,1-3H3/t6-/m1/s1. The molecule has 1 aliphatic carbocycles. The van der Waals surface area contributed by atoms with Gasteiger partial charge in [0, 0.05) is 28.2 Å². The molecule has 98 valence electrons. The lowest BCUT2D eigenvalue weighted by Crippen LogP contribution is -2.29. The van der Waals surface area contributed by atoms with Crippen LogP contribution in [0.4, 0.5) is 0 Å². The molecule has 2 aliphatic rings. The molecule has 0 aromatic heterocycles. The summed E-state index contributed by atoms with van der Waals surface area (Å²) < 4.78 is 5.65. The average Bonchev–Trinajstić information content (AvgIpc) is 2.38. The van der Waals surface area contributed by atoms with Gasteiger partial charge in [0.1, 0.15) is 11.5 Å². The number of hydrogen-bond donors (Lipinski definition) is 1. The topological polar surface area (TPSA) is 63.6 Å². The van der Waals surface area contributed by atoms with Gasteiger partial charge in [-0.25, -0.2) is 0 Å². The molecule has 1 N–H and O–H groups in total. The van der Waals surface area contributed by atoms with E-state index in [2.05, 4.69) is 0 Å². The Kier molecular flexibility index (Phi) is 2.33. The maximum absolute atomic E-state index is 12.2. The van der Waals surface area contributed by atoms with Crippen molar-refractivity contribution >= 4 is 17.3 Å². The molecule has 1 heterocycles. The summed E-state index contributed by atoms with van der Waals surface area (Å²) >= 11 is 0. The van der Waals surface area contributed by atoms with Crippen molar-refractivity contribution in [1.29, 1.82) is 0 Å². The molecule has 0 spiro atoms.